The number of aliphatic hydroxyl groups is 2. The number of hydrogen-bond acceptors (Lipinski definition) is 5. The zero-order valence-corrected chi connectivity index (χ0v) is 36.1. The van der Waals surface area contributed by atoms with Crippen LogP contribution >= 0.6 is 0 Å². The monoisotopic (exact) mass is 762 g/mol. The molecular formula is C48H91NO5. The molecule has 318 valence electrons. The van der Waals surface area contributed by atoms with E-state index in [0.29, 0.717) is 19.3 Å². The Balaban J connectivity index is 4.47. The molecule has 3 N–H and O–H groups in total. The predicted molar refractivity (Wildman–Crippen MR) is 232 cm³/mol. The maximum atomic E-state index is 13.1. The van der Waals surface area contributed by atoms with Crippen molar-refractivity contribution in [3.63, 3.8) is 0 Å². The molecule has 54 heavy (non-hydrogen) atoms. The minimum absolute atomic E-state index is 0.0631. The smallest absolute Gasteiger partial charge is 0.306 e. The van der Waals surface area contributed by atoms with E-state index < -0.39 is 18.2 Å². The first kappa shape index (κ1) is 52.3. The van der Waals surface area contributed by atoms with Gasteiger partial charge in [-0.3, -0.25) is 9.59 Å². The molecule has 0 aliphatic rings. The molecule has 0 saturated carbocycles. The van der Waals surface area contributed by atoms with Gasteiger partial charge in [0, 0.05) is 6.42 Å². The van der Waals surface area contributed by atoms with Crippen LogP contribution in [0.1, 0.15) is 245 Å². The first-order valence-electron chi connectivity index (χ1n) is 23.6. The van der Waals surface area contributed by atoms with E-state index in [2.05, 4.69) is 50.4 Å². The summed E-state index contributed by atoms with van der Waals surface area (Å²) < 4.78 is 5.87. The lowest BCUT2D eigenvalue weighted by molar-refractivity contribution is -0.151. The number of hydrogen-bond donors (Lipinski definition) is 3. The molecule has 0 fully saturated rings. The van der Waals surface area contributed by atoms with Crippen LogP contribution in [-0.2, 0) is 14.3 Å². The standard InChI is InChI=1S/C48H91NO5/c1-4-7-10-13-16-19-21-23-25-26-28-31-34-37-40-46(51)45(43-50)49-47(52)42-44(39-36-33-30-18-15-12-9-6-3)54-48(53)41-38-35-32-29-27-24-22-20-17-14-11-8-5-2/h12,15,24,27,44-46,50-51H,4-11,13-14,16-23,25-26,28-43H2,1-3H3,(H,49,52)/b15-12-,27-24-. The molecule has 0 aliphatic carbocycles. The minimum Gasteiger partial charge on any atom is -0.462 e. The highest BCUT2D eigenvalue weighted by Crippen LogP contribution is 2.17. The van der Waals surface area contributed by atoms with Crippen molar-refractivity contribution in [1.82, 2.24) is 5.32 Å². The summed E-state index contributed by atoms with van der Waals surface area (Å²) in [6, 6.07) is -0.703. The van der Waals surface area contributed by atoms with Gasteiger partial charge >= 0.3 is 5.97 Å². The number of allylic oxidation sites excluding steroid dienone is 4. The second-order valence-electron chi connectivity index (χ2n) is 16.2. The van der Waals surface area contributed by atoms with Gasteiger partial charge in [-0.25, -0.2) is 0 Å². The Hall–Kier alpha value is -1.66. The van der Waals surface area contributed by atoms with E-state index in [1.54, 1.807) is 0 Å². The molecular weight excluding hydrogens is 671 g/mol. The number of esters is 1. The number of aliphatic hydroxyl groups excluding tert-OH is 2. The Labute approximate surface area is 335 Å². The Morgan fingerprint density at radius 3 is 1.41 bits per heavy atom. The summed E-state index contributed by atoms with van der Waals surface area (Å²) in [4.78, 5) is 25.9. The molecule has 3 atom stereocenters. The van der Waals surface area contributed by atoms with Crippen molar-refractivity contribution in [3.8, 4) is 0 Å². The van der Waals surface area contributed by atoms with Crippen LogP contribution in [0.5, 0.6) is 0 Å². The van der Waals surface area contributed by atoms with E-state index in [0.717, 1.165) is 77.0 Å². The van der Waals surface area contributed by atoms with Crippen molar-refractivity contribution in [1.29, 1.82) is 0 Å². The van der Waals surface area contributed by atoms with Gasteiger partial charge in [0.25, 0.3) is 0 Å². The first-order valence-corrected chi connectivity index (χ1v) is 23.6. The molecule has 0 saturated heterocycles. The fraction of sp³-hybridized carbons (Fsp3) is 0.875. The van der Waals surface area contributed by atoms with Crippen LogP contribution in [0.15, 0.2) is 24.3 Å². The fourth-order valence-corrected chi connectivity index (χ4v) is 7.13. The summed E-state index contributed by atoms with van der Waals surface area (Å²) in [5.74, 6) is -0.507. The van der Waals surface area contributed by atoms with Crippen molar-refractivity contribution < 1.29 is 24.5 Å². The normalized spacial score (nSPS) is 13.5. The molecule has 6 heteroatoms. The van der Waals surface area contributed by atoms with Crippen molar-refractivity contribution in [2.24, 2.45) is 0 Å². The van der Waals surface area contributed by atoms with Crippen LogP contribution in [-0.4, -0.2) is 46.9 Å². The number of amides is 1. The lowest BCUT2D eigenvalue weighted by Gasteiger charge is -2.24. The average Bonchev–Trinajstić information content (AvgIpc) is 3.16. The van der Waals surface area contributed by atoms with Crippen molar-refractivity contribution >= 4 is 11.9 Å². The number of ether oxygens (including phenoxy) is 1. The molecule has 0 bridgehead atoms. The summed E-state index contributed by atoms with van der Waals surface area (Å²) >= 11 is 0. The molecule has 3 unspecified atom stereocenters. The van der Waals surface area contributed by atoms with E-state index in [1.165, 1.54) is 122 Å². The third-order valence-corrected chi connectivity index (χ3v) is 10.7. The van der Waals surface area contributed by atoms with E-state index in [-0.39, 0.29) is 24.9 Å². The summed E-state index contributed by atoms with van der Waals surface area (Å²) in [6.45, 7) is 6.40. The Bertz CT molecular complexity index is 858. The van der Waals surface area contributed by atoms with Gasteiger partial charge in [-0.05, 0) is 70.6 Å². The van der Waals surface area contributed by atoms with E-state index in [9.17, 15) is 19.8 Å². The molecule has 0 aromatic heterocycles. The number of nitrogens with one attached hydrogen (secondary N) is 1. The zero-order valence-electron chi connectivity index (χ0n) is 36.1. The second kappa shape index (κ2) is 42.5. The zero-order chi connectivity index (χ0) is 39.6. The van der Waals surface area contributed by atoms with Gasteiger partial charge in [-0.2, -0.15) is 0 Å². The molecule has 0 radical (unpaired) electrons. The summed E-state index contributed by atoms with van der Waals surface area (Å²) in [5.41, 5.74) is 0. The number of carbonyl (C=O) groups excluding carboxylic acids is 2. The van der Waals surface area contributed by atoms with E-state index in [4.69, 9.17) is 4.74 Å². The number of rotatable bonds is 42. The van der Waals surface area contributed by atoms with Gasteiger partial charge < -0.3 is 20.3 Å². The van der Waals surface area contributed by atoms with Crippen molar-refractivity contribution in [2.75, 3.05) is 6.61 Å². The van der Waals surface area contributed by atoms with Gasteiger partial charge in [-0.1, -0.05) is 186 Å². The van der Waals surface area contributed by atoms with Crippen LogP contribution in [0.3, 0.4) is 0 Å². The lowest BCUT2D eigenvalue weighted by Crippen LogP contribution is -2.46. The van der Waals surface area contributed by atoms with E-state index >= 15 is 0 Å². The average molecular weight is 762 g/mol. The number of carbonyl (C=O) groups is 2. The molecule has 0 spiro atoms. The SMILES string of the molecule is CCC/C=C\CCCCCC(CC(=O)NC(CO)C(O)CCCCCCCCCCCCCCCC)OC(=O)CCCCC/C=C\CCCCCCCC. The van der Waals surface area contributed by atoms with Gasteiger partial charge in [0.15, 0.2) is 0 Å². The van der Waals surface area contributed by atoms with Crippen molar-refractivity contribution in [2.45, 2.75) is 264 Å². The maximum absolute atomic E-state index is 13.1. The van der Waals surface area contributed by atoms with Gasteiger partial charge in [-0.15, -0.1) is 0 Å². The van der Waals surface area contributed by atoms with Crippen LogP contribution < -0.4 is 5.32 Å². The summed E-state index contributed by atoms with van der Waals surface area (Å²) in [5, 5.41) is 23.6. The van der Waals surface area contributed by atoms with E-state index in [1.807, 2.05) is 0 Å². The maximum Gasteiger partial charge on any atom is 0.306 e. The quantitative estimate of drug-likeness (QED) is 0.0327. The molecule has 0 aromatic carbocycles. The third kappa shape index (κ3) is 37.3. The predicted octanol–water partition coefficient (Wildman–Crippen LogP) is 13.6. The first-order chi connectivity index (χ1) is 26.5. The number of unbranched alkanes of at least 4 members (excludes halogenated alkanes) is 26. The Morgan fingerprint density at radius 1 is 0.519 bits per heavy atom. The van der Waals surface area contributed by atoms with Crippen LogP contribution in [0, 0.1) is 0 Å². The lowest BCUT2D eigenvalue weighted by atomic mass is 10.0. The van der Waals surface area contributed by atoms with Gasteiger partial charge in [0.1, 0.15) is 6.10 Å². The van der Waals surface area contributed by atoms with Crippen LogP contribution in [0.2, 0.25) is 0 Å². The molecule has 0 aliphatic heterocycles. The minimum atomic E-state index is -0.788. The highest BCUT2D eigenvalue weighted by Gasteiger charge is 2.24. The molecule has 1 amide bonds. The van der Waals surface area contributed by atoms with Crippen molar-refractivity contribution in [3.05, 3.63) is 24.3 Å². The summed E-state index contributed by atoms with van der Waals surface area (Å²) in [6.07, 6.45) is 46.7. The molecule has 0 heterocycles. The second-order valence-corrected chi connectivity index (χ2v) is 16.2. The highest BCUT2D eigenvalue weighted by atomic mass is 16.5. The fourth-order valence-electron chi connectivity index (χ4n) is 7.13. The molecule has 0 rings (SSSR count). The largest absolute Gasteiger partial charge is 0.462 e. The Kier molecular flexibility index (Phi) is 41.2. The summed E-state index contributed by atoms with van der Waals surface area (Å²) in [7, 11) is 0. The highest BCUT2D eigenvalue weighted by molar-refractivity contribution is 5.77. The van der Waals surface area contributed by atoms with Gasteiger partial charge in [0.2, 0.25) is 5.91 Å². The third-order valence-electron chi connectivity index (χ3n) is 10.7. The Morgan fingerprint density at radius 2 is 0.926 bits per heavy atom. The topological polar surface area (TPSA) is 95.9 Å². The molecule has 0 aromatic rings. The molecule has 6 nitrogen and oxygen atoms in total. The van der Waals surface area contributed by atoms with Gasteiger partial charge in [0.05, 0.1) is 25.2 Å². The van der Waals surface area contributed by atoms with Crippen LogP contribution in [0.25, 0.3) is 0 Å². The van der Waals surface area contributed by atoms with Crippen LogP contribution in [0.4, 0.5) is 0 Å².